The predicted octanol–water partition coefficient (Wildman–Crippen LogP) is 3.30. The highest BCUT2D eigenvalue weighted by molar-refractivity contribution is 5.97. The van der Waals surface area contributed by atoms with Gasteiger partial charge in [0.15, 0.2) is 5.78 Å². The second-order valence-corrected chi connectivity index (χ2v) is 5.41. The first-order valence-electron chi connectivity index (χ1n) is 7.01. The Labute approximate surface area is 110 Å². The lowest BCUT2D eigenvalue weighted by Gasteiger charge is -2.31. The average molecular weight is 245 g/mol. The van der Waals surface area contributed by atoms with Crippen LogP contribution in [0.1, 0.15) is 42.1 Å². The summed E-state index contributed by atoms with van der Waals surface area (Å²) >= 11 is 0. The Balaban J connectivity index is 1.89. The van der Waals surface area contributed by atoms with Gasteiger partial charge in [-0.15, -0.1) is 0 Å². The van der Waals surface area contributed by atoms with Crippen LogP contribution in [0.4, 0.5) is 0 Å². The molecular weight excluding hydrogens is 222 g/mol. The standard InChI is InChI=1S/C16H23NO/c1-3-17(11-14-5-4-6-14)12-16(18)15-9-7-13(2)8-10-15/h7-10,14H,3-6,11-12H2,1-2H3. The van der Waals surface area contributed by atoms with Crippen LogP contribution in [0.3, 0.4) is 0 Å². The van der Waals surface area contributed by atoms with Crippen molar-refractivity contribution < 1.29 is 4.79 Å². The first-order valence-corrected chi connectivity index (χ1v) is 7.01. The van der Waals surface area contributed by atoms with Gasteiger partial charge in [0.25, 0.3) is 0 Å². The van der Waals surface area contributed by atoms with Crippen LogP contribution in [-0.4, -0.2) is 30.3 Å². The molecule has 0 N–H and O–H groups in total. The van der Waals surface area contributed by atoms with E-state index in [0.717, 1.165) is 24.6 Å². The van der Waals surface area contributed by atoms with Crippen molar-refractivity contribution in [2.45, 2.75) is 33.1 Å². The zero-order valence-corrected chi connectivity index (χ0v) is 11.5. The molecule has 0 saturated heterocycles. The number of nitrogens with zero attached hydrogens (tertiary/aromatic N) is 1. The second-order valence-electron chi connectivity index (χ2n) is 5.41. The van der Waals surface area contributed by atoms with Crippen molar-refractivity contribution in [2.24, 2.45) is 5.92 Å². The summed E-state index contributed by atoms with van der Waals surface area (Å²) in [6.07, 6.45) is 4.05. The van der Waals surface area contributed by atoms with Crippen LogP contribution in [0.15, 0.2) is 24.3 Å². The Kier molecular flexibility index (Phi) is 4.54. The van der Waals surface area contributed by atoms with Gasteiger partial charge >= 0.3 is 0 Å². The van der Waals surface area contributed by atoms with Gasteiger partial charge in [-0.3, -0.25) is 9.69 Å². The molecule has 0 aromatic heterocycles. The summed E-state index contributed by atoms with van der Waals surface area (Å²) < 4.78 is 0. The molecule has 0 radical (unpaired) electrons. The number of aryl methyl sites for hydroxylation is 1. The third kappa shape index (κ3) is 3.42. The maximum absolute atomic E-state index is 12.2. The van der Waals surface area contributed by atoms with E-state index in [2.05, 4.69) is 11.8 Å². The van der Waals surface area contributed by atoms with Gasteiger partial charge in [-0.2, -0.15) is 0 Å². The summed E-state index contributed by atoms with van der Waals surface area (Å²) in [6.45, 7) is 6.81. The first-order chi connectivity index (χ1) is 8.69. The van der Waals surface area contributed by atoms with Gasteiger partial charge in [-0.25, -0.2) is 0 Å². The van der Waals surface area contributed by atoms with Crippen LogP contribution in [0, 0.1) is 12.8 Å². The Morgan fingerprint density at radius 1 is 1.28 bits per heavy atom. The van der Waals surface area contributed by atoms with Crippen molar-refractivity contribution in [1.29, 1.82) is 0 Å². The molecule has 1 fully saturated rings. The van der Waals surface area contributed by atoms with Gasteiger partial charge < -0.3 is 0 Å². The summed E-state index contributed by atoms with van der Waals surface area (Å²) in [5.41, 5.74) is 2.04. The molecule has 18 heavy (non-hydrogen) atoms. The molecular formula is C16H23NO. The van der Waals surface area contributed by atoms with Crippen molar-refractivity contribution in [3.8, 4) is 0 Å². The summed E-state index contributed by atoms with van der Waals surface area (Å²) in [5, 5.41) is 0. The van der Waals surface area contributed by atoms with Gasteiger partial charge in [0.1, 0.15) is 0 Å². The number of likely N-dealkylation sites (N-methyl/N-ethyl adjacent to an activating group) is 1. The number of carbonyl (C=O) groups is 1. The lowest BCUT2D eigenvalue weighted by molar-refractivity contribution is 0.0905. The van der Waals surface area contributed by atoms with Crippen LogP contribution in [0.25, 0.3) is 0 Å². The molecule has 0 atom stereocenters. The Bertz CT molecular complexity index is 392. The van der Waals surface area contributed by atoms with E-state index in [1.807, 2.05) is 31.2 Å². The monoisotopic (exact) mass is 245 g/mol. The zero-order chi connectivity index (χ0) is 13.0. The number of benzene rings is 1. The molecule has 0 spiro atoms. The molecule has 98 valence electrons. The minimum atomic E-state index is 0.246. The SMILES string of the molecule is CCN(CC(=O)c1ccc(C)cc1)CC1CCC1. The van der Waals surface area contributed by atoms with E-state index in [-0.39, 0.29) is 5.78 Å². The Morgan fingerprint density at radius 3 is 2.44 bits per heavy atom. The van der Waals surface area contributed by atoms with E-state index in [4.69, 9.17) is 0 Å². The molecule has 2 rings (SSSR count). The summed E-state index contributed by atoms with van der Waals surface area (Å²) in [7, 11) is 0. The van der Waals surface area contributed by atoms with Crippen LogP contribution in [-0.2, 0) is 0 Å². The Hall–Kier alpha value is -1.15. The van der Waals surface area contributed by atoms with E-state index < -0.39 is 0 Å². The number of hydrogen-bond acceptors (Lipinski definition) is 2. The number of ketones is 1. The Morgan fingerprint density at radius 2 is 1.94 bits per heavy atom. The molecule has 1 aromatic carbocycles. The maximum Gasteiger partial charge on any atom is 0.176 e. The van der Waals surface area contributed by atoms with Crippen molar-refractivity contribution in [3.63, 3.8) is 0 Å². The predicted molar refractivity (Wildman–Crippen MR) is 75.0 cm³/mol. The molecule has 2 heteroatoms. The van der Waals surface area contributed by atoms with Gasteiger partial charge in [0.05, 0.1) is 6.54 Å². The number of rotatable bonds is 6. The minimum absolute atomic E-state index is 0.246. The second kappa shape index (κ2) is 6.14. The van der Waals surface area contributed by atoms with Crippen molar-refractivity contribution in [2.75, 3.05) is 19.6 Å². The molecule has 2 nitrogen and oxygen atoms in total. The van der Waals surface area contributed by atoms with Gasteiger partial charge in [-0.05, 0) is 32.2 Å². The quantitative estimate of drug-likeness (QED) is 0.717. The maximum atomic E-state index is 12.2. The fourth-order valence-electron chi connectivity index (χ4n) is 2.38. The third-order valence-corrected chi connectivity index (χ3v) is 3.93. The molecule has 0 bridgehead atoms. The first kappa shape index (κ1) is 13.3. The molecule has 0 heterocycles. The molecule has 0 amide bonds. The smallest absolute Gasteiger partial charge is 0.176 e. The normalized spacial score (nSPS) is 15.7. The molecule has 1 aliphatic rings. The highest BCUT2D eigenvalue weighted by Gasteiger charge is 2.21. The van der Waals surface area contributed by atoms with Crippen molar-refractivity contribution >= 4 is 5.78 Å². The van der Waals surface area contributed by atoms with Gasteiger partial charge in [0, 0.05) is 12.1 Å². The highest BCUT2D eigenvalue weighted by atomic mass is 16.1. The molecule has 0 aliphatic heterocycles. The van der Waals surface area contributed by atoms with E-state index in [1.54, 1.807) is 0 Å². The van der Waals surface area contributed by atoms with Crippen LogP contribution < -0.4 is 0 Å². The summed E-state index contributed by atoms with van der Waals surface area (Å²) in [6, 6.07) is 7.90. The fourth-order valence-corrected chi connectivity index (χ4v) is 2.38. The fraction of sp³-hybridized carbons (Fsp3) is 0.562. The van der Waals surface area contributed by atoms with E-state index in [9.17, 15) is 4.79 Å². The third-order valence-electron chi connectivity index (χ3n) is 3.93. The minimum Gasteiger partial charge on any atom is -0.296 e. The average Bonchev–Trinajstić information content (AvgIpc) is 2.32. The largest absolute Gasteiger partial charge is 0.296 e. The van der Waals surface area contributed by atoms with Crippen LogP contribution in [0.2, 0.25) is 0 Å². The lowest BCUT2D eigenvalue weighted by Crippen LogP contribution is -2.36. The molecule has 0 unspecified atom stereocenters. The van der Waals surface area contributed by atoms with E-state index in [0.29, 0.717) is 6.54 Å². The summed E-state index contributed by atoms with van der Waals surface area (Å²) in [4.78, 5) is 14.5. The number of carbonyl (C=O) groups excluding carboxylic acids is 1. The number of Topliss-reactive ketones (excluding diaryl/α,β-unsaturated/α-hetero) is 1. The lowest BCUT2D eigenvalue weighted by atomic mass is 9.85. The van der Waals surface area contributed by atoms with Gasteiger partial charge in [-0.1, -0.05) is 43.2 Å². The van der Waals surface area contributed by atoms with Gasteiger partial charge in [0.2, 0.25) is 0 Å². The number of hydrogen-bond donors (Lipinski definition) is 0. The summed E-state index contributed by atoms with van der Waals surface area (Å²) in [5.74, 6) is 1.08. The molecule has 1 saturated carbocycles. The van der Waals surface area contributed by atoms with Crippen LogP contribution >= 0.6 is 0 Å². The molecule has 1 aliphatic carbocycles. The molecule has 1 aromatic rings. The van der Waals surface area contributed by atoms with Crippen molar-refractivity contribution in [3.05, 3.63) is 35.4 Å². The van der Waals surface area contributed by atoms with E-state index in [1.165, 1.54) is 24.8 Å². The van der Waals surface area contributed by atoms with Crippen LogP contribution in [0.5, 0.6) is 0 Å². The van der Waals surface area contributed by atoms with E-state index >= 15 is 0 Å². The highest BCUT2D eigenvalue weighted by Crippen LogP contribution is 2.27. The topological polar surface area (TPSA) is 20.3 Å². The zero-order valence-electron chi connectivity index (χ0n) is 11.5. The van der Waals surface area contributed by atoms with Crippen molar-refractivity contribution in [1.82, 2.24) is 4.90 Å².